The summed E-state index contributed by atoms with van der Waals surface area (Å²) in [6, 6.07) is 4.63. The summed E-state index contributed by atoms with van der Waals surface area (Å²) >= 11 is 1.42. The van der Waals surface area contributed by atoms with Gasteiger partial charge in [-0.05, 0) is 49.4 Å². The van der Waals surface area contributed by atoms with E-state index >= 15 is 0 Å². The fourth-order valence-corrected chi connectivity index (χ4v) is 4.06. The summed E-state index contributed by atoms with van der Waals surface area (Å²) in [6.45, 7) is 4.91. The molecule has 21 heavy (non-hydrogen) atoms. The summed E-state index contributed by atoms with van der Waals surface area (Å²) < 4.78 is 14.3. The van der Waals surface area contributed by atoms with Crippen LogP contribution in [0.3, 0.4) is 0 Å². The van der Waals surface area contributed by atoms with Crippen LogP contribution in [-0.4, -0.2) is 35.1 Å². The average Bonchev–Trinajstić information content (AvgIpc) is 3.04. The van der Waals surface area contributed by atoms with Crippen LogP contribution in [0, 0.1) is 18.7 Å². The highest BCUT2D eigenvalue weighted by atomic mass is 32.1. The first-order chi connectivity index (χ1) is 9.97. The van der Waals surface area contributed by atoms with E-state index in [1.165, 1.54) is 23.5 Å². The molecule has 0 bridgehead atoms. The number of hydrogen-bond acceptors (Lipinski definition) is 3. The first kappa shape index (κ1) is 14.5. The number of amides is 1. The summed E-state index contributed by atoms with van der Waals surface area (Å²) in [4.78, 5) is 15.1. The number of thiophene rings is 1. The van der Waals surface area contributed by atoms with E-state index in [4.69, 9.17) is 0 Å². The maximum absolute atomic E-state index is 13.3. The molecule has 2 heterocycles. The molecule has 3 rings (SSSR count). The van der Waals surface area contributed by atoms with Gasteiger partial charge in [0.2, 0.25) is 0 Å². The quantitative estimate of drug-likeness (QED) is 0.925. The SMILES string of the molecule is Cc1c(C(=O)N2CCC(C(C)O)C2)sc2ccc(F)cc12. The van der Waals surface area contributed by atoms with E-state index < -0.39 is 0 Å². The molecule has 1 saturated heterocycles. The maximum Gasteiger partial charge on any atom is 0.264 e. The monoisotopic (exact) mass is 307 g/mol. The third-order valence-corrected chi connectivity index (χ3v) is 5.55. The van der Waals surface area contributed by atoms with Crippen LogP contribution in [0.2, 0.25) is 0 Å². The van der Waals surface area contributed by atoms with Gasteiger partial charge in [0.25, 0.3) is 5.91 Å². The predicted molar refractivity (Wildman–Crippen MR) is 82.2 cm³/mol. The lowest BCUT2D eigenvalue weighted by molar-refractivity contribution is 0.0766. The summed E-state index contributed by atoms with van der Waals surface area (Å²) in [5.74, 6) is -0.129. The number of aryl methyl sites for hydroxylation is 1. The lowest BCUT2D eigenvalue weighted by atomic mass is 10.0. The van der Waals surface area contributed by atoms with E-state index in [1.807, 2.05) is 6.92 Å². The van der Waals surface area contributed by atoms with Crippen molar-refractivity contribution in [3.05, 3.63) is 34.5 Å². The Morgan fingerprint density at radius 1 is 1.52 bits per heavy atom. The minimum absolute atomic E-state index is 0.00254. The Hall–Kier alpha value is -1.46. The molecule has 0 spiro atoms. The molecule has 2 atom stereocenters. The normalized spacial score (nSPS) is 20.2. The number of hydrogen-bond donors (Lipinski definition) is 1. The van der Waals surface area contributed by atoms with Crippen LogP contribution in [0.4, 0.5) is 4.39 Å². The third-order valence-electron chi connectivity index (χ3n) is 4.29. The first-order valence-corrected chi connectivity index (χ1v) is 7.95. The molecule has 2 aromatic rings. The number of rotatable bonds is 2. The number of carbonyl (C=O) groups is 1. The van der Waals surface area contributed by atoms with Crippen molar-refractivity contribution < 1.29 is 14.3 Å². The minimum atomic E-state index is -0.389. The number of fused-ring (bicyclic) bond motifs is 1. The molecule has 1 aliphatic heterocycles. The van der Waals surface area contributed by atoms with Crippen LogP contribution in [0.5, 0.6) is 0 Å². The molecule has 1 aromatic carbocycles. The Balaban J connectivity index is 1.90. The molecule has 1 fully saturated rings. The second-order valence-corrected chi connectivity index (χ2v) is 6.79. The number of carbonyl (C=O) groups excluding carboxylic acids is 1. The first-order valence-electron chi connectivity index (χ1n) is 7.13. The van der Waals surface area contributed by atoms with Crippen molar-refractivity contribution >= 4 is 27.3 Å². The summed E-state index contributed by atoms with van der Waals surface area (Å²) in [5, 5.41) is 10.5. The number of halogens is 1. The summed E-state index contributed by atoms with van der Waals surface area (Å²) in [5.41, 5.74) is 0.847. The molecule has 1 amide bonds. The van der Waals surface area contributed by atoms with Crippen molar-refractivity contribution in [1.29, 1.82) is 0 Å². The van der Waals surface area contributed by atoms with Crippen LogP contribution < -0.4 is 0 Å². The number of nitrogens with zero attached hydrogens (tertiary/aromatic N) is 1. The smallest absolute Gasteiger partial charge is 0.264 e. The third kappa shape index (κ3) is 2.56. The Morgan fingerprint density at radius 2 is 2.29 bits per heavy atom. The zero-order valence-electron chi connectivity index (χ0n) is 12.1. The van der Waals surface area contributed by atoms with Crippen LogP contribution in [-0.2, 0) is 0 Å². The van der Waals surface area contributed by atoms with Crippen LogP contribution in [0.15, 0.2) is 18.2 Å². The van der Waals surface area contributed by atoms with Crippen molar-refractivity contribution in [2.24, 2.45) is 5.92 Å². The fraction of sp³-hybridized carbons (Fsp3) is 0.438. The van der Waals surface area contributed by atoms with Gasteiger partial charge in [0.15, 0.2) is 0 Å². The Morgan fingerprint density at radius 3 is 2.95 bits per heavy atom. The van der Waals surface area contributed by atoms with Gasteiger partial charge < -0.3 is 10.0 Å². The lowest BCUT2D eigenvalue weighted by Crippen LogP contribution is -2.30. The Labute approximate surface area is 127 Å². The van der Waals surface area contributed by atoms with E-state index in [9.17, 15) is 14.3 Å². The molecule has 1 N–H and O–H groups in total. The Kier molecular flexibility index (Phi) is 3.71. The second-order valence-electron chi connectivity index (χ2n) is 5.74. The number of benzene rings is 1. The van der Waals surface area contributed by atoms with Crippen LogP contribution in [0.25, 0.3) is 10.1 Å². The van der Waals surface area contributed by atoms with E-state index in [1.54, 1.807) is 17.9 Å². The number of aliphatic hydroxyl groups is 1. The average molecular weight is 307 g/mol. The molecule has 5 heteroatoms. The highest BCUT2D eigenvalue weighted by Gasteiger charge is 2.31. The van der Waals surface area contributed by atoms with Gasteiger partial charge in [-0.15, -0.1) is 11.3 Å². The molecule has 1 aromatic heterocycles. The standard InChI is InChI=1S/C16H18FNO2S/c1-9-13-7-12(17)3-4-14(13)21-15(9)16(20)18-6-5-11(8-18)10(2)19/h3-4,7,10-11,19H,5-6,8H2,1-2H3. The fourth-order valence-electron chi connectivity index (χ4n) is 2.91. The second kappa shape index (κ2) is 5.39. The zero-order valence-corrected chi connectivity index (χ0v) is 12.9. The molecular formula is C16H18FNO2S. The van der Waals surface area contributed by atoms with Crippen molar-refractivity contribution in [2.45, 2.75) is 26.4 Å². The van der Waals surface area contributed by atoms with Gasteiger partial charge in [-0.1, -0.05) is 0 Å². The van der Waals surface area contributed by atoms with Gasteiger partial charge in [0.05, 0.1) is 11.0 Å². The molecule has 0 radical (unpaired) electrons. The van der Waals surface area contributed by atoms with Gasteiger partial charge in [0.1, 0.15) is 5.82 Å². The molecule has 112 valence electrons. The van der Waals surface area contributed by atoms with E-state index in [2.05, 4.69) is 0 Å². The number of aliphatic hydroxyl groups excluding tert-OH is 1. The van der Waals surface area contributed by atoms with Crippen LogP contribution >= 0.6 is 11.3 Å². The van der Waals surface area contributed by atoms with Crippen molar-refractivity contribution in [1.82, 2.24) is 4.90 Å². The summed E-state index contributed by atoms with van der Waals surface area (Å²) in [7, 11) is 0. The van der Waals surface area contributed by atoms with Gasteiger partial charge in [-0.3, -0.25) is 4.79 Å². The molecule has 1 aliphatic rings. The van der Waals surface area contributed by atoms with Crippen LogP contribution in [0.1, 0.15) is 28.6 Å². The largest absolute Gasteiger partial charge is 0.393 e. The van der Waals surface area contributed by atoms with E-state index in [0.717, 1.165) is 22.1 Å². The zero-order chi connectivity index (χ0) is 15.1. The van der Waals surface area contributed by atoms with Gasteiger partial charge in [0, 0.05) is 23.7 Å². The lowest BCUT2D eigenvalue weighted by Gasteiger charge is -2.17. The summed E-state index contributed by atoms with van der Waals surface area (Å²) in [6.07, 6.45) is 0.447. The topological polar surface area (TPSA) is 40.5 Å². The molecule has 3 nitrogen and oxygen atoms in total. The van der Waals surface area contributed by atoms with Gasteiger partial charge >= 0.3 is 0 Å². The van der Waals surface area contributed by atoms with Gasteiger partial charge in [-0.2, -0.15) is 0 Å². The maximum atomic E-state index is 13.3. The van der Waals surface area contributed by atoms with Crippen molar-refractivity contribution in [3.63, 3.8) is 0 Å². The molecule has 2 unspecified atom stereocenters. The van der Waals surface area contributed by atoms with Gasteiger partial charge in [-0.25, -0.2) is 4.39 Å². The molecule has 0 saturated carbocycles. The molecule has 0 aliphatic carbocycles. The highest BCUT2D eigenvalue weighted by Crippen LogP contribution is 2.33. The Bertz CT molecular complexity index is 695. The molecular weight excluding hydrogens is 289 g/mol. The van der Waals surface area contributed by atoms with E-state index in [-0.39, 0.29) is 23.7 Å². The minimum Gasteiger partial charge on any atom is -0.393 e. The number of likely N-dealkylation sites (tertiary alicyclic amines) is 1. The highest BCUT2D eigenvalue weighted by molar-refractivity contribution is 7.21. The van der Waals surface area contributed by atoms with E-state index in [0.29, 0.717) is 18.0 Å². The van der Waals surface area contributed by atoms with Crippen molar-refractivity contribution in [3.8, 4) is 0 Å². The van der Waals surface area contributed by atoms with Crippen molar-refractivity contribution in [2.75, 3.05) is 13.1 Å². The predicted octanol–water partition coefficient (Wildman–Crippen LogP) is 3.19.